The van der Waals surface area contributed by atoms with Crippen LogP contribution in [0.3, 0.4) is 0 Å². The molecule has 1 fully saturated rings. The molecule has 1 rings (SSSR count). The van der Waals surface area contributed by atoms with Crippen LogP contribution >= 0.6 is 15.9 Å². The minimum atomic E-state index is 0.812. The number of hydroxylamine groups is 1. The quantitative estimate of drug-likeness (QED) is 0.419. The van der Waals surface area contributed by atoms with Gasteiger partial charge in [0.05, 0.1) is 5.33 Å². The largest absolute Gasteiger partial charge is 0.269 e. The van der Waals surface area contributed by atoms with Gasteiger partial charge in [-0.15, -0.1) is 0 Å². The summed E-state index contributed by atoms with van der Waals surface area (Å²) in [6.45, 7) is 0. The number of halogens is 1. The van der Waals surface area contributed by atoms with Gasteiger partial charge in [0.2, 0.25) is 6.23 Å². The summed E-state index contributed by atoms with van der Waals surface area (Å²) in [6, 6.07) is 0. The van der Waals surface area contributed by atoms with Gasteiger partial charge in [0.1, 0.15) is 0 Å². The molecule has 2 nitrogen and oxygen atoms in total. The third-order valence-electron chi connectivity index (χ3n) is 0.368. The highest BCUT2D eigenvalue weighted by atomic mass is 79.9. The Balaban J connectivity index is 2.00. The van der Waals surface area contributed by atoms with Crippen LogP contribution in [-0.4, -0.2) is 5.33 Å². The van der Waals surface area contributed by atoms with E-state index in [1.165, 1.54) is 0 Å². The van der Waals surface area contributed by atoms with Crippen LogP contribution in [0.25, 0.3) is 0 Å². The van der Waals surface area contributed by atoms with Gasteiger partial charge in [-0.05, 0) is 0 Å². The van der Waals surface area contributed by atoms with Crippen LogP contribution in [0.1, 0.15) is 0 Å². The SMILES string of the molecule is BrC[C]1NO1. The summed E-state index contributed by atoms with van der Waals surface area (Å²) < 4.78 is 0. The number of hydrogen-bond acceptors (Lipinski definition) is 2. The Kier molecular flexibility index (Phi) is 0.890. The molecule has 5 heavy (non-hydrogen) atoms. The number of rotatable bonds is 1. The van der Waals surface area contributed by atoms with E-state index in [0.29, 0.717) is 0 Å². The Morgan fingerprint density at radius 1 is 2.00 bits per heavy atom. The first kappa shape index (κ1) is 3.59. The minimum Gasteiger partial charge on any atom is -0.269 e. The Morgan fingerprint density at radius 3 is 2.60 bits per heavy atom. The molecule has 0 saturated carbocycles. The predicted octanol–water partition coefficient (Wildman–Crippen LogP) is 0.406. The van der Waals surface area contributed by atoms with Gasteiger partial charge < -0.3 is 0 Å². The fourth-order valence-corrected chi connectivity index (χ4v) is 0.320. The van der Waals surface area contributed by atoms with Gasteiger partial charge in [0, 0.05) is 0 Å². The lowest BCUT2D eigenvalue weighted by molar-refractivity contribution is 0.414. The van der Waals surface area contributed by atoms with Crippen LogP contribution in [0.15, 0.2) is 0 Å². The van der Waals surface area contributed by atoms with E-state index in [9.17, 15) is 0 Å². The zero-order chi connectivity index (χ0) is 3.70. The van der Waals surface area contributed by atoms with E-state index < -0.39 is 0 Å². The molecule has 0 spiro atoms. The Morgan fingerprint density at radius 2 is 2.60 bits per heavy atom. The predicted molar refractivity (Wildman–Crippen MR) is 21.3 cm³/mol. The number of alkyl halides is 1. The van der Waals surface area contributed by atoms with Crippen molar-refractivity contribution < 1.29 is 4.84 Å². The van der Waals surface area contributed by atoms with E-state index in [-0.39, 0.29) is 0 Å². The highest BCUT2D eigenvalue weighted by molar-refractivity contribution is 9.09. The summed E-state index contributed by atoms with van der Waals surface area (Å²) in [6.07, 6.45) is 0.921. The molecule has 0 atom stereocenters. The van der Waals surface area contributed by atoms with Crippen molar-refractivity contribution >= 4 is 15.9 Å². The molecule has 1 heterocycles. The summed E-state index contributed by atoms with van der Waals surface area (Å²) >= 11 is 3.15. The minimum absolute atomic E-state index is 0.812. The highest BCUT2D eigenvalue weighted by Gasteiger charge is 2.21. The van der Waals surface area contributed by atoms with Gasteiger partial charge in [-0.25, -0.2) is 0 Å². The monoisotopic (exact) mass is 136 g/mol. The van der Waals surface area contributed by atoms with Crippen molar-refractivity contribution in [2.45, 2.75) is 0 Å². The first-order chi connectivity index (χ1) is 2.43. The van der Waals surface area contributed by atoms with Crippen molar-refractivity contribution in [2.24, 2.45) is 0 Å². The Labute approximate surface area is 38.6 Å². The summed E-state index contributed by atoms with van der Waals surface area (Å²) in [5.74, 6) is 0. The zero-order valence-corrected chi connectivity index (χ0v) is 4.08. The van der Waals surface area contributed by atoms with E-state index >= 15 is 0 Å². The second-order valence-electron chi connectivity index (χ2n) is 0.761. The van der Waals surface area contributed by atoms with E-state index in [0.717, 1.165) is 11.6 Å². The second-order valence-corrected chi connectivity index (χ2v) is 1.32. The maximum Gasteiger partial charge on any atom is 0.218 e. The van der Waals surface area contributed by atoms with Gasteiger partial charge in [-0.1, -0.05) is 15.9 Å². The normalized spacial score (nSPS) is 23.4. The summed E-state index contributed by atoms with van der Waals surface area (Å²) in [5, 5.41) is 0.812. The molecule has 0 aromatic rings. The molecule has 1 aliphatic heterocycles. The van der Waals surface area contributed by atoms with Crippen LogP contribution in [0.4, 0.5) is 0 Å². The van der Waals surface area contributed by atoms with Gasteiger partial charge in [0.25, 0.3) is 0 Å². The van der Waals surface area contributed by atoms with Crippen molar-refractivity contribution in [1.29, 1.82) is 0 Å². The molecule has 0 aliphatic carbocycles. The lowest BCUT2D eigenvalue weighted by Crippen LogP contribution is -1.75. The zero-order valence-electron chi connectivity index (χ0n) is 2.49. The van der Waals surface area contributed by atoms with E-state index in [4.69, 9.17) is 0 Å². The van der Waals surface area contributed by atoms with E-state index in [2.05, 4.69) is 26.2 Å². The Hall–Kier alpha value is 0.400. The molecule has 0 aromatic carbocycles. The molecule has 0 amide bonds. The standard InChI is InChI=1S/C2H3BrNO/c3-1-2-4-5-2/h4H,1H2. The van der Waals surface area contributed by atoms with Crippen molar-refractivity contribution in [3.05, 3.63) is 6.23 Å². The summed E-state index contributed by atoms with van der Waals surface area (Å²) in [4.78, 5) is 4.48. The van der Waals surface area contributed by atoms with Gasteiger partial charge >= 0.3 is 0 Å². The smallest absolute Gasteiger partial charge is 0.218 e. The highest BCUT2D eigenvalue weighted by Crippen LogP contribution is 2.11. The molecule has 0 bridgehead atoms. The van der Waals surface area contributed by atoms with Crippen molar-refractivity contribution in [1.82, 2.24) is 5.48 Å². The first-order valence-corrected chi connectivity index (χ1v) is 2.40. The van der Waals surface area contributed by atoms with Crippen molar-refractivity contribution in [2.75, 3.05) is 5.33 Å². The molecular weight excluding hydrogens is 134 g/mol. The summed E-state index contributed by atoms with van der Waals surface area (Å²) in [5.41, 5.74) is 2.55. The topological polar surface area (TPSA) is 34.5 Å². The van der Waals surface area contributed by atoms with Gasteiger partial charge in [-0.3, -0.25) is 4.84 Å². The van der Waals surface area contributed by atoms with Crippen LogP contribution in [0, 0.1) is 6.23 Å². The maximum atomic E-state index is 4.48. The van der Waals surface area contributed by atoms with Crippen LogP contribution in [0.2, 0.25) is 0 Å². The fraction of sp³-hybridized carbons (Fsp3) is 0.500. The van der Waals surface area contributed by atoms with E-state index in [1.807, 2.05) is 0 Å². The van der Waals surface area contributed by atoms with Crippen LogP contribution in [-0.2, 0) is 4.84 Å². The summed E-state index contributed by atoms with van der Waals surface area (Å²) in [7, 11) is 0. The maximum absolute atomic E-state index is 4.48. The van der Waals surface area contributed by atoms with Gasteiger partial charge in [0.15, 0.2) is 0 Å². The average molecular weight is 137 g/mol. The van der Waals surface area contributed by atoms with Gasteiger partial charge in [-0.2, -0.15) is 5.48 Å². The molecular formula is C2H3BrNO. The lowest BCUT2D eigenvalue weighted by Gasteiger charge is -1.61. The molecule has 0 aromatic heterocycles. The van der Waals surface area contributed by atoms with Crippen LogP contribution in [0.5, 0.6) is 0 Å². The van der Waals surface area contributed by atoms with Crippen molar-refractivity contribution in [3.63, 3.8) is 0 Å². The third kappa shape index (κ3) is 0.869. The Bertz CT molecular complexity index is 36.6. The molecule has 1 aliphatic rings. The van der Waals surface area contributed by atoms with Crippen molar-refractivity contribution in [3.8, 4) is 0 Å². The lowest BCUT2D eigenvalue weighted by atomic mass is 10.8. The second kappa shape index (κ2) is 1.24. The number of nitrogens with one attached hydrogen (secondary N) is 1. The molecule has 3 heteroatoms. The molecule has 1 radical (unpaired) electrons. The number of hydrogen-bond donors (Lipinski definition) is 1. The average Bonchev–Trinajstić information content (AvgIpc) is 2.12. The fourth-order valence-electron chi connectivity index (χ4n) is 0.0906. The van der Waals surface area contributed by atoms with E-state index in [1.54, 1.807) is 0 Å². The molecule has 0 unspecified atom stereocenters. The molecule has 1 saturated heterocycles. The van der Waals surface area contributed by atoms with Crippen LogP contribution < -0.4 is 5.48 Å². The third-order valence-corrected chi connectivity index (χ3v) is 0.877. The first-order valence-electron chi connectivity index (χ1n) is 1.28. The molecule has 1 N–H and O–H groups in total. The molecule has 29 valence electrons.